The number of carbonyl (C=O) groups excluding carboxylic acids is 9. The second kappa shape index (κ2) is 43.9. The van der Waals surface area contributed by atoms with Gasteiger partial charge in [-0.2, -0.15) is 28.8 Å². The van der Waals surface area contributed by atoms with E-state index in [1.54, 1.807) is 0 Å². The van der Waals surface area contributed by atoms with Crippen LogP contribution in [0, 0.1) is 5.92 Å². The zero-order valence-electron chi connectivity index (χ0n) is 44.4. The smallest absolute Gasteiger partial charge is 0.373 e. The van der Waals surface area contributed by atoms with Gasteiger partial charge in [-0.25, -0.2) is 9.59 Å². The topological polar surface area (TPSA) is 352 Å². The minimum Gasteiger partial charge on any atom is -0.481 e. The first-order chi connectivity index (χ1) is 37.2. The number of amides is 3. The summed E-state index contributed by atoms with van der Waals surface area (Å²) in [4.78, 5) is 143. The Hall–Kier alpha value is -7.20. The second-order valence-corrected chi connectivity index (χ2v) is 19.1. The van der Waals surface area contributed by atoms with Crippen LogP contribution < -0.4 is 16.0 Å². The minimum atomic E-state index is -1.34. The molecule has 0 saturated carbocycles. The molecule has 2 aromatic carbocycles. The van der Waals surface area contributed by atoms with E-state index in [0.29, 0.717) is 52.0 Å². The van der Waals surface area contributed by atoms with Gasteiger partial charge in [-0.15, -0.1) is 0 Å². The van der Waals surface area contributed by atoms with Gasteiger partial charge < -0.3 is 46.2 Å². The van der Waals surface area contributed by atoms with E-state index in [4.69, 9.17) is 46.1 Å². The van der Waals surface area contributed by atoms with Gasteiger partial charge in [0, 0.05) is 96.5 Å². The predicted octanol–water partition coefficient (Wildman–Crippen LogP) is 2.08. The van der Waals surface area contributed by atoms with E-state index in [1.807, 2.05) is 47.2 Å². The number of carboxylic acid groups (broad SMARTS) is 4. The summed E-state index contributed by atoms with van der Waals surface area (Å²) in [6, 6.07) is 15.5. The first kappa shape index (κ1) is 70.8. The molecule has 1 unspecified atom stereocenters. The number of aliphatic carboxylic acids is 4. The highest BCUT2D eigenvalue weighted by atomic mass is 32.1. The van der Waals surface area contributed by atoms with Crippen molar-refractivity contribution in [1.82, 2.24) is 35.6 Å². The standard InChI is InChI=1S/C50H75N7O11S.3CO2/c1-54-24-25-55(2)34-41(57(36-47(63)64)29-28-56(27-26-54)35-46(61)62)31-38-16-18-39(19-17-38)32-43(69)14-9-4-3-5-10-22-51-48(65)40(30-37-12-7-6-8-13-37)33-42(58)20-21-44(49(66)67)53-50(68)52-23-11-15-45(59)60;3*2-1-3/h6-8,12-13,16-19,40-41,44H,3-5,9-11,14-15,20-36H2,1-2H3,(H,51,65)(H,59,60)(H,61,62)(H,63,64)(H,66,67)(H2,52,53,68);;;/t40-,41?,44+;;;/m1.../s1. The van der Waals surface area contributed by atoms with E-state index in [1.165, 1.54) is 0 Å². The first-order valence-corrected chi connectivity index (χ1v) is 25.8. The average molecular weight is 1110 g/mol. The molecule has 24 nitrogen and oxygen atoms in total. The number of hydrogen-bond acceptors (Lipinski definition) is 18. The highest BCUT2D eigenvalue weighted by Crippen LogP contribution is 2.18. The van der Waals surface area contributed by atoms with Crippen molar-refractivity contribution in [3.8, 4) is 0 Å². The van der Waals surface area contributed by atoms with Crippen molar-refractivity contribution in [3.05, 3.63) is 71.3 Å². The van der Waals surface area contributed by atoms with E-state index in [9.17, 15) is 48.9 Å². The Bertz CT molecular complexity index is 2210. The largest absolute Gasteiger partial charge is 0.481 e. The van der Waals surface area contributed by atoms with Crippen molar-refractivity contribution < 1.29 is 82.8 Å². The Morgan fingerprint density at radius 2 is 1.17 bits per heavy atom. The number of rotatable bonds is 30. The monoisotopic (exact) mass is 1110 g/mol. The quantitative estimate of drug-likeness (QED) is 0.0435. The van der Waals surface area contributed by atoms with Crippen LogP contribution in [0.5, 0.6) is 0 Å². The van der Waals surface area contributed by atoms with Gasteiger partial charge in [0.2, 0.25) is 5.91 Å². The van der Waals surface area contributed by atoms with Gasteiger partial charge in [-0.1, -0.05) is 86.1 Å². The number of urea groups is 1. The molecule has 0 bridgehead atoms. The lowest BCUT2D eigenvalue weighted by molar-refractivity contribution is -0.193. The number of nitrogens with zero attached hydrogens (tertiary/aromatic N) is 4. The molecule has 25 heteroatoms. The van der Waals surface area contributed by atoms with Crippen molar-refractivity contribution in [2.45, 2.75) is 102 Å². The maximum atomic E-state index is 13.4. The fraction of sp³-hybridized carbons (Fsp3) is 0.566. The molecule has 78 heavy (non-hydrogen) atoms. The van der Waals surface area contributed by atoms with Crippen LogP contribution >= 0.6 is 12.2 Å². The molecule has 0 aliphatic carbocycles. The zero-order chi connectivity index (χ0) is 58.7. The molecular weight excluding hydrogens is 1040 g/mol. The highest BCUT2D eigenvalue weighted by molar-refractivity contribution is 7.80. The van der Waals surface area contributed by atoms with E-state index in [2.05, 4.69) is 57.1 Å². The average Bonchev–Trinajstić information content (AvgIpc) is 3.37. The molecule has 3 rings (SSSR count). The Labute approximate surface area is 459 Å². The van der Waals surface area contributed by atoms with Crippen molar-refractivity contribution in [1.29, 1.82) is 0 Å². The SMILES string of the molecule is CN1CCN(C)CC(Cc2ccc(CC(=S)CCCCCCCNC(=O)[C@@H](CC(=O)CC[C@H](NC(=O)NCCCC(=O)O)C(=O)O)Cc3ccccc3)cc2)N(CC(=O)O)CCN(CC(=O)O)CC1.O=C=O.O=C=O.O=C=O. The lowest BCUT2D eigenvalue weighted by Crippen LogP contribution is -2.51. The van der Waals surface area contributed by atoms with Gasteiger partial charge in [0.1, 0.15) is 11.8 Å². The molecule has 0 aromatic heterocycles. The van der Waals surface area contributed by atoms with Crippen LogP contribution in [0.1, 0.15) is 87.3 Å². The van der Waals surface area contributed by atoms with E-state index in [0.717, 1.165) is 79.7 Å². The molecule has 0 radical (unpaired) electrons. The molecule has 1 heterocycles. The molecule has 7 N–H and O–H groups in total. The summed E-state index contributed by atoms with van der Waals surface area (Å²) in [7, 11) is 4.09. The van der Waals surface area contributed by atoms with Gasteiger partial charge in [-0.05, 0) is 80.6 Å². The van der Waals surface area contributed by atoms with Crippen LogP contribution in [0.15, 0.2) is 54.6 Å². The number of ketones is 1. The number of nitrogens with one attached hydrogen (secondary N) is 3. The Morgan fingerprint density at radius 1 is 0.615 bits per heavy atom. The first-order valence-electron chi connectivity index (χ1n) is 25.4. The van der Waals surface area contributed by atoms with Gasteiger partial charge in [0.25, 0.3) is 0 Å². The number of benzene rings is 2. The molecule has 2 aromatic rings. The Kier molecular flexibility index (Phi) is 39.8. The number of unbranched alkanes of at least 4 members (excludes halogenated alkanes) is 4. The fourth-order valence-corrected chi connectivity index (χ4v) is 8.59. The van der Waals surface area contributed by atoms with Crippen molar-refractivity contribution >= 4 is 77.1 Å². The summed E-state index contributed by atoms with van der Waals surface area (Å²) in [5.74, 6) is -5.33. The normalized spacial score (nSPS) is 14.9. The van der Waals surface area contributed by atoms with Crippen LogP contribution in [0.25, 0.3) is 0 Å². The molecule has 1 aliphatic heterocycles. The minimum absolute atomic E-state index is 0.0510. The lowest BCUT2D eigenvalue weighted by atomic mass is 9.91. The van der Waals surface area contributed by atoms with Crippen molar-refractivity contribution in [2.24, 2.45) is 5.92 Å². The number of carboxylic acids is 4. The molecule has 1 saturated heterocycles. The summed E-state index contributed by atoms with van der Waals surface area (Å²) in [5, 5.41) is 45.4. The van der Waals surface area contributed by atoms with Gasteiger partial charge in [0.15, 0.2) is 0 Å². The number of hydrogen-bond donors (Lipinski definition) is 7. The summed E-state index contributed by atoms with van der Waals surface area (Å²) < 4.78 is 0. The third-order valence-corrected chi connectivity index (χ3v) is 12.6. The number of Topliss-reactive ketones (excluding diaryl/α,β-unsaturated/α-hetero) is 1. The van der Waals surface area contributed by atoms with Crippen LogP contribution in [0.2, 0.25) is 0 Å². The number of carbonyl (C=O) groups is 7. The van der Waals surface area contributed by atoms with Gasteiger partial charge >= 0.3 is 48.4 Å². The molecular formula is C53H75N7O17S. The van der Waals surface area contributed by atoms with Crippen LogP contribution in [-0.2, 0) is 76.8 Å². The fourth-order valence-electron chi connectivity index (χ4n) is 8.28. The third kappa shape index (κ3) is 36.7. The molecule has 1 aliphatic rings. The van der Waals surface area contributed by atoms with Crippen molar-refractivity contribution in [3.63, 3.8) is 0 Å². The van der Waals surface area contributed by atoms with Crippen LogP contribution in [-0.4, -0.2) is 203 Å². The maximum absolute atomic E-state index is 13.4. The molecule has 3 atom stereocenters. The molecule has 3 amide bonds. The van der Waals surface area contributed by atoms with Gasteiger partial charge in [0.05, 0.1) is 13.1 Å². The van der Waals surface area contributed by atoms with Crippen LogP contribution in [0.3, 0.4) is 0 Å². The molecule has 0 spiro atoms. The van der Waals surface area contributed by atoms with Gasteiger partial charge in [-0.3, -0.25) is 33.8 Å². The van der Waals surface area contributed by atoms with Crippen LogP contribution in [0.4, 0.5) is 4.79 Å². The number of thiocarbonyl (C=S) groups is 1. The third-order valence-electron chi connectivity index (χ3n) is 12.3. The molecule has 1 fully saturated rings. The highest BCUT2D eigenvalue weighted by Gasteiger charge is 2.27. The number of likely N-dealkylation sites (N-methyl/N-ethyl adjacent to an activating group) is 2. The lowest BCUT2D eigenvalue weighted by Gasteiger charge is -2.36. The maximum Gasteiger partial charge on any atom is 0.373 e. The summed E-state index contributed by atoms with van der Waals surface area (Å²) in [5.41, 5.74) is 3.10. The summed E-state index contributed by atoms with van der Waals surface area (Å²) in [6.45, 7) is 4.80. The Balaban J connectivity index is 0.00000614. The predicted molar refractivity (Wildman–Crippen MR) is 282 cm³/mol. The van der Waals surface area contributed by atoms with E-state index >= 15 is 0 Å². The Morgan fingerprint density at radius 3 is 1.77 bits per heavy atom. The van der Waals surface area contributed by atoms with E-state index in [-0.39, 0.29) is 87.9 Å². The zero-order valence-corrected chi connectivity index (χ0v) is 45.2. The summed E-state index contributed by atoms with van der Waals surface area (Å²) >= 11 is 5.77. The van der Waals surface area contributed by atoms with Crippen molar-refractivity contribution in [2.75, 3.05) is 86.1 Å². The molecule has 430 valence electrons. The summed E-state index contributed by atoms with van der Waals surface area (Å²) in [6.07, 6.45) is 7.47. The van der Waals surface area contributed by atoms with E-state index < -0.39 is 41.9 Å². The second-order valence-electron chi connectivity index (χ2n) is 18.5.